The standard InChI is InChI=1S/C27H27N7O3/c1-27(2)31-25(30-19-5-4-14-29-15-19)22-21(16-8-12-20(36-3)13-9-16)24(37-26(22)32-27)23(35)17-6-10-18(11-7-17)33-34-28/h4-15,21,24-25,30-32H,1-3H3. The van der Waals surface area contributed by atoms with Gasteiger partial charge in [-0.15, -0.1) is 0 Å². The molecule has 2 aliphatic rings. The van der Waals surface area contributed by atoms with Crippen LogP contribution < -0.4 is 20.7 Å². The van der Waals surface area contributed by atoms with E-state index < -0.39 is 17.7 Å². The minimum atomic E-state index is -0.815. The summed E-state index contributed by atoms with van der Waals surface area (Å²) in [6.07, 6.45) is 2.32. The van der Waals surface area contributed by atoms with Crippen LogP contribution in [0.15, 0.2) is 89.6 Å². The maximum Gasteiger partial charge on any atom is 0.204 e. The van der Waals surface area contributed by atoms with Crippen molar-refractivity contribution in [3.05, 3.63) is 106 Å². The van der Waals surface area contributed by atoms with Crippen molar-refractivity contribution in [2.75, 3.05) is 12.4 Å². The van der Waals surface area contributed by atoms with Crippen LogP contribution in [0.4, 0.5) is 11.4 Å². The first-order valence-electron chi connectivity index (χ1n) is 11.8. The first-order chi connectivity index (χ1) is 17.9. The summed E-state index contributed by atoms with van der Waals surface area (Å²) >= 11 is 0. The Morgan fingerprint density at radius 2 is 1.92 bits per heavy atom. The minimum absolute atomic E-state index is 0.178. The molecule has 2 aromatic carbocycles. The Labute approximate surface area is 214 Å². The molecule has 37 heavy (non-hydrogen) atoms. The summed E-state index contributed by atoms with van der Waals surface area (Å²) in [5.41, 5.74) is 11.7. The third-order valence-electron chi connectivity index (χ3n) is 6.40. The number of azide groups is 1. The number of rotatable bonds is 7. The lowest BCUT2D eigenvalue weighted by molar-refractivity contribution is 0.0620. The number of nitrogens with zero attached hydrogens (tertiary/aromatic N) is 4. The molecule has 1 aromatic heterocycles. The Balaban J connectivity index is 1.56. The molecule has 3 unspecified atom stereocenters. The third-order valence-corrected chi connectivity index (χ3v) is 6.40. The first kappa shape index (κ1) is 24.2. The highest BCUT2D eigenvalue weighted by atomic mass is 16.5. The summed E-state index contributed by atoms with van der Waals surface area (Å²) in [6.45, 7) is 4.01. The van der Waals surface area contributed by atoms with E-state index in [0.29, 0.717) is 17.1 Å². The molecule has 0 saturated carbocycles. The van der Waals surface area contributed by atoms with E-state index in [2.05, 4.69) is 31.0 Å². The first-order valence-corrected chi connectivity index (χ1v) is 11.8. The van der Waals surface area contributed by atoms with Crippen LogP contribution >= 0.6 is 0 Å². The summed E-state index contributed by atoms with van der Waals surface area (Å²) in [7, 11) is 1.62. The van der Waals surface area contributed by atoms with E-state index in [0.717, 1.165) is 22.6 Å². The zero-order chi connectivity index (χ0) is 26.0. The molecule has 2 aliphatic heterocycles. The molecule has 0 amide bonds. The van der Waals surface area contributed by atoms with Crippen molar-refractivity contribution in [1.82, 2.24) is 15.6 Å². The number of hydrogen-bond donors (Lipinski definition) is 3. The summed E-state index contributed by atoms with van der Waals surface area (Å²) in [5, 5.41) is 14.1. The van der Waals surface area contributed by atoms with Gasteiger partial charge in [-0.3, -0.25) is 15.1 Å². The number of nitrogens with one attached hydrogen (secondary N) is 3. The van der Waals surface area contributed by atoms with Crippen LogP contribution in [0.1, 0.15) is 35.7 Å². The molecule has 0 aliphatic carbocycles. The maximum absolute atomic E-state index is 13.8. The molecule has 0 spiro atoms. The zero-order valence-corrected chi connectivity index (χ0v) is 20.7. The molecule has 3 aromatic rings. The molecular formula is C27H27N7O3. The predicted molar refractivity (Wildman–Crippen MR) is 139 cm³/mol. The Morgan fingerprint density at radius 1 is 1.16 bits per heavy atom. The van der Waals surface area contributed by atoms with Crippen LogP contribution in [-0.4, -0.2) is 35.8 Å². The van der Waals surface area contributed by atoms with Gasteiger partial charge in [0.25, 0.3) is 0 Å². The summed E-state index contributed by atoms with van der Waals surface area (Å²) in [6, 6.07) is 18.0. The largest absolute Gasteiger partial charge is 0.497 e. The lowest BCUT2D eigenvalue weighted by Crippen LogP contribution is -2.62. The van der Waals surface area contributed by atoms with Crippen LogP contribution in [0, 0.1) is 0 Å². The van der Waals surface area contributed by atoms with Crippen LogP contribution in [0.2, 0.25) is 0 Å². The van der Waals surface area contributed by atoms with Crippen molar-refractivity contribution in [2.24, 2.45) is 5.11 Å². The highest BCUT2D eigenvalue weighted by molar-refractivity contribution is 6.01. The van der Waals surface area contributed by atoms with Crippen molar-refractivity contribution in [3.8, 4) is 5.75 Å². The second kappa shape index (κ2) is 9.85. The highest BCUT2D eigenvalue weighted by Gasteiger charge is 2.49. The topological polar surface area (TPSA) is 133 Å². The average molecular weight is 498 g/mol. The second-order valence-electron chi connectivity index (χ2n) is 9.39. The summed E-state index contributed by atoms with van der Waals surface area (Å²) in [5.74, 6) is 0.715. The van der Waals surface area contributed by atoms with Gasteiger partial charge in [-0.25, -0.2) is 0 Å². The average Bonchev–Trinajstić information content (AvgIpc) is 3.28. The smallest absolute Gasteiger partial charge is 0.204 e. The molecule has 3 atom stereocenters. The van der Waals surface area contributed by atoms with Gasteiger partial charge in [-0.2, -0.15) is 0 Å². The quantitative estimate of drug-likeness (QED) is 0.181. The highest BCUT2D eigenvalue weighted by Crippen LogP contribution is 2.44. The number of carbonyl (C=O) groups is 1. The number of ketones is 1. The van der Waals surface area contributed by atoms with Gasteiger partial charge in [0, 0.05) is 34.1 Å². The van der Waals surface area contributed by atoms with E-state index in [1.54, 1.807) is 43.8 Å². The SMILES string of the molecule is COc1ccc(C2C3=C(NC(C)(C)NC3Nc3cccnc3)OC2C(=O)c2ccc(N=[N+]=[N-])cc2)cc1. The molecule has 10 heteroatoms. The molecule has 0 fully saturated rings. The van der Waals surface area contributed by atoms with E-state index in [9.17, 15) is 4.79 Å². The number of pyridine rings is 1. The van der Waals surface area contributed by atoms with Crippen LogP contribution in [0.5, 0.6) is 5.75 Å². The van der Waals surface area contributed by atoms with Gasteiger partial charge in [-0.05, 0) is 49.2 Å². The molecule has 5 rings (SSSR count). The molecule has 3 heterocycles. The lowest BCUT2D eigenvalue weighted by Gasteiger charge is -2.40. The number of Topliss-reactive ketones (excluding diaryl/α,β-unsaturated/α-hetero) is 1. The fraction of sp³-hybridized carbons (Fsp3) is 0.259. The van der Waals surface area contributed by atoms with Crippen molar-refractivity contribution < 1.29 is 14.3 Å². The van der Waals surface area contributed by atoms with Crippen LogP contribution in [0.3, 0.4) is 0 Å². The number of methoxy groups -OCH3 is 1. The van der Waals surface area contributed by atoms with E-state index in [4.69, 9.17) is 15.0 Å². The monoisotopic (exact) mass is 497 g/mol. The van der Waals surface area contributed by atoms with E-state index in [1.807, 2.05) is 50.2 Å². The predicted octanol–water partition coefficient (Wildman–Crippen LogP) is 4.98. The van der Waals surface area contributed by atoms with Crippen LogP contribution in [0.25, 0.3) is 10.4 Å². The Morgan fingerprint density at radius 3 is 2.57 bits per heavy atom. The van der Waals surface area contributed by atoms with Gasteiger partial charge in [0.05, 0.1) is 24.4 Å². The Hall–Kier alpha value is -4.53. The Kier molecular flexibility index (Phi) is 6.43. The van der Waals surface area contributed by atoms with Gasteiger partial charge < -0.3 is 20.1 Å². The molecule has 3 N–H and O–H groups in total. The third kappa shape index (κ3) is 4.93. The normalized spacial score (nSPS) is 21.6. The van der Waals surface area contributed by atoms with Gasteiger partial charge in [-0.1, -0.05) is 41.5 Å². The van der Waals surface area contributed by atoms with Crippen molar-refractivity contribution >= 4 is 17.2 Å². The fourth-order valence-electron chi connectivity index (χ4n) is 4.75. The fourth-order valence-corrected chi connectivity index (χ4v) is 4.75. The number of anilines is 1. The van der Waals surface area contributed by atoms with Crippen molar-refractivity contribution in [2.45, 2.75) is 37.7 Å². The minimum Gasteiger partial charge on any atom is -0.497 e. The maximum atomic E-state index is 13.8. The summed E-state index contributed by atoms with van der Waals surface area (Å²) < 4.78 is 11.7. The number of aromatic nitrogens is 1. The molecule has 0 radical (unpaired) electrons. The molecule has 0 bridgehead atoms. The molecule has 188 valence electrons. The van der Waals surface area contributed by atoms with Crippen molar-refractivity contribution in [3.63, 3.8) is 0 Å². The van der Waals surface area contributed by atoms with E-state index >= 15 is 0 Å². The summed E-state index contributed by atoms with van der Waals surface area (Å²) in [4.78, 5) is 20.9. The molecular weight excluding hydrogens is 470 g/mol. The number of ether oxygens (including phenoxy) is 2. The Bertz CT molecular complexity index is 1370. The number of benzene rings is 2. The second-order valence-corrected chi connectivity index (χ2v) is 9.39. The number of hydrogen-bond acceptors (Lipinski definition) is 8. The van der Waals surface area contributed by atoms with Gasteiger partial charge in [0.15, 0.2) is 12.0 Å². The van der Waals surface area contributed by atoms with Gasteiger partial charge >= 0.3 is 0 Å². The van der Waals surface area contributed by atoms with Gasteiger partial charge in [0.1, 0.15) is 11.9 Å². The number of carbonyl (C=O) groups excluding carboxylic acids is 1. The van der Waals surface area contributed by atoms with Crippen LogP contribution in [-0.2, 0) is 4.74 Å². The molecule has 10 nitrogen and oxygen atoms in total. The van der Waals surface area contributed by atoms with Crippen molar-refractivity contribution in [1.29, 1.82) is 0 Å². The van der Waals surface area contributed by atoms with E-state index in [-0.39, 0.29) is 11.9 Å². The lowest BCUT2D eigenvalue weighted by atomic mass is 9.82. The van der Waals surface area contributed by atoms with Gasteiger partial charge in [0.2, 0.25) is 5.78 Å². The molecule has 0 saturated heterocycles. The van der Waals surface area contributed by atoms with E-state index in [1.165, 1.54) is 0 Å². The zero-order valence-electron chi connectivity index (χ0n) is 20.7.